The molecule has 0 spiro atoms. The molecule has 2 aromatic rings. The second-order valence-corrected chi connectivity index (χ2v) is 6.81. The third kappa shape index (κ3) is 5.98. The Balaban J connectivity index is 1.64. The molecule has 0 unspecified atom stereocenters. The average molecular weight is 368 g/mol. The highest BCUT2D eigenvalue weighted by Gasteiger charge is 2.04. The highest BCUT2D eigenvalue weighted by atomic mass is 35.5. The molecule has 0 atom stereocenters. The van der Waals surface area contributed by atoms with Gasteiger partial charge in [0.05, 0.1) is 22.3 Å². The fraction of sp³-hybridized carbons (Fsp3) is 0.438. The van der Waals surface area contributed by atoms with E-state index in [-0.39, 0.29) is 0 Å². The van der Waals surface area contributed by atoms with Crippen molar-refractivity contribution in [2.75, 3.05) is 26.7 Å². The summed E-state index contributed by atoms with van der Waals surface area (Å²) in [7, 11) is 1.74. The molecule has 0 aliphatic rings. The number of pyridine rings is 1. The van der Waals surface area contributed by atoms with Crippen molar-refractivity contribution in [3.05, 3.63) is 38.9 Å². The molecule has 2 aromatic heterocycles. The highest BCUT2D eigenvalue weighted by Crippen LogP contribution is 2.16. The van der Waals surface area contributed by atoms with E-state index in [2.05, 4.69) is 32.5 Å². The normalized spacial score (nSPS) is 11.4. The molecule has 0 aliphatic heterocycles. The second kappa shape index (κ2) is 9.44. The molecule has 2 rings (SSSR count). The molecule has 2 N–H and O–H groups in total. The van der Waals surface area contributed by atoms with Crippen LogP contribution >= 0.6 is 22.9 Å². The van der Waals surface area contributed by atoms with Crippen LogP contribution in [0.2, 0.25) is 5.02 Å². The lowest BCUT2D eigenvalue weighted by Crippen LogP contribution is -2.40. The lowest BCUT2D eigenvalue weighted by Gasteiger charge is -2.11. The molecule has 0 amide bonds. The number of hydrogen-bond donors (Lipinski definition) is 2. The summed E-state index contributed by atoms with van der Waals surface area (Å²) in [6.45, 7) is 6.03. The van der Waals surface area contributed by atoms with Crippen molar-refractivity contribution in [1.29, 1.82) is 0 Å². The minimum Gasteiger partial charge on any atom is -0.476 e. The molecule has 6 nitrogen and oxygen atoms in total. The summed E-state index contributed by atoms with van der Waals surface area (Å²) in [5.41, 5.74) is 1.12. The van der Waals surface area contributed by atoms with E-state index in [9.17, 15) is 0 Å². The van der Waals surface area contributed by atoms with Crippen LogP contribution in [-0.2, 0) is 6.42 Å². The van der Waals surface area contributed by atoms with E-state index >= 15 is 0 Å². The molecule has 24 heavy (non-hydrogen) atoms. The van der Waals surface area contributed by atoms with E-state index in [1.165, 1.54) is 4.88 Å². The number of nitrogens with zero attached hydrogens (tertiary/aromatic N) is 3. The smallest absolute Gasteiger partial charge is 0.213 e. The Labute approximate surface area is 151 Å². The van der Waals surface area contributed by atoms with Gasteiger partial charge in [-0.1, -0.05) is 11.6 Å². The van der Waals surface area contributed by atoms with E-state index < -0.39 is 0 Å². The van der Waals surface area contributed by atoms with E-state index in [1.807, 2.05) is 6.92 Å². The van der Waals surface area contributed by atoms with Crippen molar-refractivity contribution in [3.63, 3.8) is 0 Å². The van der Waals surface area contributed by atoms with Gasteiger partial charge in [0, 0.05) is 37.2 Å². The molecular weight excluding hydrogens is 346 g/mol. The summed E-state index contributed by atoms with van der Waals surface area (Å²) in [5.74, 6) is 1.30. The van der Waals surface area contributed by atoms with Crippen molar-refractivity contribution in [2.45, 2.75) is 20.3 Å². The lowest BCUT2D eigenvalue weighted by molar-refractivity contribution is 0.309. The molecule has 8 heteroatoms. The minimum absolute atomic E-state index is 0.486. The summed E-state index contributed by atoms with van der Waals surface area (Å²) >= 11 is 7.52. The molecule has 0 aliphatic carbocycles. The number of aliphatic imine (C=N–C) groups is 1. The summed E-state index contributed by atoms with van der Waals surface area (Å²) in [6.07, 6.45) is 2.44. The van der Waals surface area contributed by atoms with Crippen molar-refractivity contribution in [1.82, 2.24) is 20.6 Å². The van der Waals surface area contributed by atoms with Crippen LogP contribution in [0.5, 0.6) is 5.88 Å². The molecule has 0 saturated heterocycles. The van der Waals surface area contributed by atoms with Crippen LogP contribution in [0.3, 0.4) is 0 Å². The number of halogens is 1. The number of rotatable bonds is 7. The average Bonchev–Trinajstić information content (AvgIpc) is 2.89. The third-order valence-corrected chi connectivity index (χ3v) is 4.63. The Morgan fingerprint density at radius 1 is 1.29 bits per heavy atom. The number of nitrogens with one attached hydrogen (secondary N) is 2. The SMILES string of the molecule is CN=C(NCCOc1ccc(Cl)cn1)NCCc1nc(C)c(C)s1. The lowest BCUT2D eigenvalue weighted by atomic mass is 10.4. The quantitative estimate of drug-likeness (QED) is 0.447. The van der Waals surface area contributed by atoms with Gasteiger partial charge in [-0.25, -0.2) is 9.97 Å². The maximum atomic E-state index is 5.78. The van der Waals surface area contributed by atoms with Crippen LogP contribution in [0.25, 0.3) is 0 Å². The van der Waals surface area contributed by atoms with Crippen molar-refractivity contribution < 1.29 is 4.74 Å². The van der Waals surface area contributed by atoms with Crippen LogP contribution in [0.15, 0.2) is 23.3 Å². The number of ether oxygens (including phenoxy) is 1. The van der Waals surface area contributed by atoms with Crippen LogP contribution in [0.4, 0.5) is 0 Å². The fourth-order valence-corrected chi connectivity index (χ4v) is 2.97. The first-order valence-electron chi connectivity index (χ1n) is 7.70. The molecule has 0 radical (unpaired) electrons. The van der Waals surface area contributed by atoms with Gasteiger partial charge in [-0.15, -0.1) is 11.3 Å². The largest absolute Gasteiger partial charge is 0.476 e. The van der Waals surface area contributed by atoms with E-state index in [0.717, 1.165) is 29.6 Å². The molecule has 0 bridgehead atoms. The van der Waals surface area contributed by atoms with E-state index in [1.54, 1.807) is 36.7 Å². The molecule has 0 saturated carbocycles. The zero-order valence-corrected chi connectivity index (χ0v) is 15.7. The minimum atomic E-state index is 0.486. The number of thiazole rings is 1. The van der Waals surface area contributed by atoms with Crippen LogP contribution in [0.1, 0.15) is 15.6 Å². The Hall–Kier alpha value is -1.86. The van der Waals surface area contributed by atoms with Gasteiger partial charge in [-0.2, -0.15) is 0 Å². The van der Waals surface area contributed by atoms with Gasteiger partial charge in [-0.3, -0.25) is 4.99 Å². The van der Waals surface area contributed by atoms with Gasteiger partial charge in [0.25, 0.3) is 0 Å². The van der Waals surface area contributed by atoms with E-state index in [0.29, 0.717) is 24.1 Å². The van der Waals surface area contributed by atoms with Crippen LogP contribution < -0.4 is 15.4 Å². The topological polar surface area (TPSA) is 71.4 Å². The fourth-order valence-electron chi connectivity index (χ4n) is 1.93. The predicted octanol–water partition coefficient (Wildman–Crippen LogP) is 2.59. The third-order valence-electron chi connectivity index (χ3n) is 3.27. The summed E-state index contributed by atoms with van der Waals surface area (Å²) < 4.78 is 5.52. The standard InChI is InChI=1S/C16H22ClN5OS/c1-11-12(2)24-15(22-11)6-7-19-16(18-3)20-8-9-23-14-5-4-13(17)10-21-14/h4-5,10H,6-9H2,1-3H3,(H2,18,19,20). The van der Waals surface area contributed by atoms with Gasteiger partial charge in [0.1, 0.15) is 6.61 Å². The van der Waals surface area contributed by atoms with Gasteiger partial charge in [-0.05, 0) is 19.9 Å². The summed E-state index contributed by atoms with van der Waals surface area (Å²) in [5, 5.41) is 8.20. The van der Waals surface area contributed by atoms with Gasteiger partial charge >= 0.3 is 0 Å². The highest BCUT2D eigenvalue weighted by molar-refractivity contribution is 7.11. The van der Waals surface area contributed by atoms with Gasteiger partial charge < -0.3 is 15.4 Å². The molecular formula is C16H22ClN5OS. The molecule has 130 valence electrons. The van der Waals surface area contributed by atoms with Crippen molar-refractivity contribution in [3.8, 4) is 5.88 Å². The first-order chi connectivity index (χ1) is 11.6. The monoisotopic (exact) mass is 367 g/mol. The van der Waals surface area contributed by atoms with Gasteiger partial charge in [0.15, 0.2) is 5.96 Å². The Bertz CT molecular complexity index is 652. The number of hydrogen-bond acceptors (Lipinski definition) is 5. The predicted molar refractivity (Wildman–Crippen MR) is 99.4 cm³/mol. The molecule has 2 heterocycles. The van der Waals surface area contributed by atoms with E-state index in [4.69, 9.17) is 16.3 Å². The molecule has 0 aromatic carbocycles. The number of guanidine groups is 1. The summed E-state index contributed by atoms with van der Waals surface area (Å²) in [4.78, 5) is 14.1. The summed E-state index contributed by atoms with van der Waals surface area (Å²) in [6, 6.07) is 3.49. The Morgan fingerprint density at radius 2 is 2.08 bits per heavy atom. The van der Waals surface area contributed by atoms with Crippen LogP contribution in [-0.4, -0.2) is 42.7 Å². The Kier molecular flexibility index (Phi) is 7.27. The zero-order valence-electron chi connectivity index (χ0n) is 14.1. The maximum absolute atomic E-state index is 5.78. The molecule has 0 fully saturated rings. The number of aromatic nitrogens is 2. The van der Waals surface area contributed by atoms with Gasteiger partial charge in [0.2, 0.25) is 5.88 Å². The van der Waals surface area contributed by atoms with Crippen LogP contribution in [0, 0.1) is 13.8 Å². The first-order valence-corrected chi connectivity index (χ1v) is 8.89. The zero-order chi connectivity index (χ0) is 17.4. The second-order valence-electron chi connectivity index (χ2n) is 5.09. The van der Waals surface area contributed by atoms with Crippen molar-refractivity contribution in [2.24, 2.45) is 4.99 Å². The maximum Gasteiger partial charge on any atom is 0.213 e. The van der Waals surface area contributed by atoms with Crippen molar-refractivity contribution >= 4 is 28.9 Å². The Morgan fingerprint density at radius 3 is 2.71 bits per heavy atom. The number of aryl methyl sites for hydroxylation is 2. The first kappa shape index (κ1) is 18.5.